The number of aromatic nitrogens is 2. The fourth-order valence-corrected chi connectivity index (χ4v) is 4.79. The van der Waals surface area contributed by atoms with Gasteiger partial charge in [-0.25, -0.2) is 4.68 Å². The zero-order chi connectivity index (χ0) is 28.4. The smallest absolute Gasteiger partial charge is 0.280 e. The third-order valence-corrected chi connectivity index (χ3v) is 6.73. The van der Waals surface area contributed by atoms with Crippen molar-refractivity contribution in [2.75, 3.05) is 59.1 Å². The Morgan fingerprint density at radius 2 is 1.77 bits per heavy atom. The molecule has 11 heteroatoms. The molecule has 1 aliphatic rings. The Balaban J connectivity index is 0.00000134. The lowest BCUT2D eigenvalue weighted by molar-refractivity contribution is -0.106. The monoisotopic (exact) mass is 603 g/mol. The summed E-state index contributed by atoms with van der Waals surface area (Å²) in [4.78, 5) is 24.4. The number of halogens is 1. The summed E-state index contributed by atoms with van der Waals surface area (Å²) < 4.78 is 29.9. The molecule has 0 spiro atoms. The quantitative estimate of drug-likeness (QED) is 0.319. The molecule has 1 fully saturated rings. The van der Waals surface area contributed by atoms with Crippen molar-refractivity contribution in [3.05, 3.63) is 52.6 Å². The summed E-state index contributed by atoms with van der Waals surface area (Å²) in [5.74, 6) is 1.24. The lowest BCUT2D eigenvalue weighted by Crippen LogP contribution is -2.36. The zero-order valence-electron chi connectivity index (χ0n) is 22.8. The Morgan fingerprint density at radius 3 is 2.33 bits per heavy atom. The first-order valence-electron chi connectivity index (χ1n) is 12.5. The highest BCUT2D eigenvalue weighted by molar-refractivity contribution is 9.10. The van der Waals surface area contributed by atoms with Crippen LogP contribution in [0.4, 0.5) is 5.69 Å². The van der Waals surface area contributed by atoms with Crippen LogP contribution in [0.15, 0.2) is 47.1 Å². The minimum Gasteiger partial charge on any atom is -0.495 e. The fourth-order valence-electron chi connectivity index (χ4n) is 4.17. The van der Waals surface area contributed by atoms with Crippen molar-refractivity contribution in [2.24, 2.45) is 0 Å². The Labute approximate surface area is 236 Å². The number of nitrogens with zero attached hydrogens (tertiary/aromatic N) is 3. The predicted molar refractivity (Wildman–Crippen MR) is 151 cm³/mol. The second-order valence-corrected chi connectivity index (χ2v) is 9.05. The summed E-state index contributed by atoms with van der Waals surface area (Å²) in [5.41, 5.74) is 3.02. The Bertz CT molecular complexity index is 1240. The molecule has 1 atom stereocenters. The third-order valence-electron chi connectivity index (χ3n) is 5.98. The molecule has 3 aromatic rings. The van der Waals surface area contributed by atoms with E-state index >= 15 is 0 Å². The molecule has 1 aliphatic heterocycles. The number of hydrogen-bond acceptors (Lipinski definition) is 9. The second-order valence-electron chi connectivity index (χ2n) is 8.26. The van der Waals surface area contributed by atoms with E-state index in [9.17, 15) is 4.79 Å². The summed E-state index contributed by atoms with van der Waals surface area (Å²) in [6.45, 7) is 6.87. The van der Waals surface area contributed by atoms with Gasteiger partial charge in [-0.1, -0.05) is 12.1 Å². The standard InChI is InChI=1S/C26H30BrN3O6.C2H4O/c1-5-36-24-19(16-21(32-2)22(27)25(24)34-4)20-10-11-30(28-20)26(31)23(33-3)17-6-8-18(9-7-17)29-12-14-35-15-13-29;1-2-3/h6-11,16,23H,5,12-15H2,1-4H3;2H,1H3. The molecule has 1 aromatic heterocycles. The van der Waals surface area contributed by atoms with Gasteiger partial charge in [0.25, 0.3) is 5.91 Å². The molecule has 4 rings (SSSR count). The van der Waals surface area contributed by atoms with E-state index in [4.69, 9.17) is 28.5 Å². The molecule has 2 aromatic carbocycles. The van der Waals surface area contributed by atoms with Crippen molar-refractivity contribution in [1.82, 2.24) is 9.78 Å². The first-order valence-corrected chi connectivity index (χ1v) is 13.3. The van der Waals surface area contributed by atoms with E-state index in [0.717, 1.165) is 30.6 Å². The van der Waals surface area contributed by atoms with Crippen molar-refractivity contribution in [2.45, 2.75) is 20.0 Å². The molecule has 2 heterocycles. The maximum atomic E-state index is 13.4. The molecule has 0 saturated carbocycles. The van der Waals surface area contributed by atoms with Crippen LogP contribution in [-0.2, 0) is 14.3 Å². The highest BCUT2D eigenvalue weighted by atomic mass is 79.9. The minimum absolute atomic E-state index is 0.308. The first kappa shape index (κ1) is 30.1. The van der Waals surface area contributed by atoms with E-state index in [0.29, 0.717) is 52.8 Å². The van der Waals surface area contributed by atoms with E-state index in [2.05, 4.69) is 25.9 Å². The van der Waals surface area contributed by atoms with Crippen LogP contribution in [0.3, 0.4) is 0 Å². The Morgan fingerprint density at radius 1 is 1.10 bits per heavy atom. The summed E-state index contributed by atoms with van der Waals surface area (Å²) in [6, 6.07) is 11.4. The highest BCUT2D eigenvalue weighted by Gasteiger charge is 2.26. The van der Waals surface area contributed by atoms with Gasteiger partial charge in [-0.3, -0.25) is 4.79 Å². The number of aldehydes is 1. The average molecular weight is 604 g/mol. The van der Waals surface area contributed by atoms with E-state index in [1.807, 2.05) is 31.2 Å². The summed E-state index contributed by atoms with van der Waals surface area (Å²) in [7, 11) is 4.64. The van der Waals surface area contributed by atoms with Crippen LogP contribution < -0.4 is 19.1 Å². The number of carbonyl (C=O) groups is 2. The van der Waals surface area contributed by atoms with Gasteiger partial charge in [0.15, 0.2) is 17.6 Å². The van der Waals surface area contributed by atoms with Gasteiger partial charge in [0, 0.05) is 32.1 Å². The maximum Gasteiger partial charge on any atom is 0.280 e. The summed E-state index contributed by atoms with van der Waals surface area (Å²) in [6.07, 6.45) is 1.56. The SMILES string of the molecule is CC=O.CCOc1c(-c2ccn(C(=O)C(OC)c3ccc(N4CCOCC4)cc3)n2)cc(OC)c(Br)c1OC. The number of methoxy groups -OCH3 is 3. The van der Waals surface area contributed by atoms with Crippen molar-refractivity contribution in [3.63, 3.8) is 0 Å². The second kappa shape index (κ2) is 14.7. The van der Waals surface area contributed by atoms with Crippen LogP contribution in [0.5, 0.6) is 17.2 Å². The van der Waals surface area contributed by atoms with E-state index in [1.54, 1.807) is 32.5 Å². The van der Waals surface area contributed by atoms with Crippen molar-refractivity contribution in [1.29, 1.82) is 0 Å². The topological polar surface area (TPSA) is 101 Å². The number of carbonyl (C=O) groups excluding carboxylic acids is 2. The molecule has 1 unspecified atom stereocenters. The first-order chi connectivity index (χ1) is 18.9. The van der Waals surface area contributed by atoms with E-state index in [-0.39, 0.29) is 5.91 Å². The minimum atomic E-state index is -0.808. The van der Waals surface area contributed by atoms with Crippen LogP contribution in [0.25, 0.3) is 11.3 Å². The van der Waals surface area contributed by atoms with Gasteiger partial charge in [0.2, 0.25) is 0 Å². The van der Waals surface area contributed by atoms with Crippen molar-refractivity contribution >= 4 is 33.8 Å². The molecule has 0 radical (unpaired) electrons. The zero-order valence-corrected chi connectivity index (χ0v) is 24.4. The maximum absolute atomic E-state index is 13.4. The van der Waals surface area contributed by atoms with Gasteiger partial charge in [-0.15, -0.1) is 0 Å². The number of benzene rings is 2. The number of hydrogen-bond donors (Lipinski definition) is 0. The van der Waals surface area contributed by atoms with Crippen LogP contribution in [0.1, 0.15) is 30.3 Å². The van der Waals surface area contributed by atoms with Gasteiger partial charge < -0.3 is 33.4 Å². The third kappa shape index (κ3) is 6.97. The number of anilines is 1. The molecule has 0 N–H and O–H groups in total. The largest absolute Gasteiger partial charge is 0.495 e. The lowest BCUT2D eigenvalue weighted by Gasteiger charge is -2.29. The molecule has 10 nitrogen and oxygen atoms in total. The molecule has 39 heavy (non-hydrogen) atoms. The molecule has 1 saturated heterocycles. The van der Waals surface area contributed by atoms with Gasteiger partial charge in [-0.2, -0.15) is 5.10 Å². The highest BCUT2D eigenvalue weighted by Crippen LogP contribution is 2.47. The lowest BCUT2D eigenvalue weighted by atomic mass is 10.1. The number of ether oxygens (including phenoxy) is 5. The Kier molecular flexibility index (Phi) is 11.3. The van der Waals surface area contributed by atoms with Gasteiger partial charge in [0.1, 0.15) is 16.5 Å². The summed E-state index contributed by atoms with van der Waals surface area (Å²) >= 11 is 3.51. The molecular weight excluding hydrogens is 570 g/mol. The normalized spacial score (nSPS) is 13.6. The average Bonchev–Trinajstić information content (AvgIpc) is 3.45. The van der Waals surface area contributed by atoms with E-state index < -0.39 is 6.10 Å². The Hall–Kier alpha value is -3.41. The number of rotatable bonds is 9. The fraction of sp³-hybridized carbons (Fsp3) is 0.393. The van der Waals surface area contributed by atoms with Crippen molar-refractivity contribution in [3.8, 4) is 28.5 Å². The van der Waals surface area contributed by atoms with Crippen LogP contribution in [0.2, 0.25) is 0 Å². The molecule has 0 amide bonds. The summed E-state index contributed by atoms with van der Waals surface area (Å²) in [5, 5.41) is 4.55. The molecular formula is C28H34BrN3O7. The number of morpholine rings is 1. The van der Waals surface area contributed by atoms with Crippen LogP contribution in [-0.4, -0.2) is 76.2 Å². The van der Waals surface area contributed by atoms with Gasteiger partial charge >= 0.3 is 0 Å². The van der Waals surface area contributed by atoms with E-state index in [1.165, 1.54) is 18.7 Å². The van der Waals surface area contributed by atoms with Crippen LogP contribution in [0, 0.1) is 0 Å². The van der Waals surface area contributed by atoms with Crippen molar-refractivity contribution < 1.29 is 33.3 Å². The molecule has 0 bridgehead atoms. The predicted octanol–water partition coefficient (Wildman–Crippen LogP) is 4.80. The van der Waals surface area contributed by atoms with Gasteiger partial charge in [0.05, 0.1) is 45.3 Å². The van der Waals surface area contributed by atoms with Gasteiger partial charge in [-0.05, 0) is 59.6 Å². The molecule has 210 valence electrons. The van der Waals surface area contributed by atoms with Crippen LogP contribution >= 0.6 is 15.9 Å². The molecule has 0 aliphatic carbocycles.